The van der Waals surface area contributed by atoms with E-state index in [2.05, 4.69) is 20.4 Å². The second-order valence-corrected chi connectivity index (χ2v) is 3.05. The summed E-state index contributed by atoms with van der Waals surface area (Å²) in [5.74, 6) is 6.15. The van der Waals surface area contributed by atoms with Crippen molar-refractivity contribution in [1.29, 1.82) is 0 Å². The zero-order valence-corrected chi connectivity index (χ0v) is 7.42. The lowest BCUT2D eigenvalue weighted by Gasteiger charge is -2.13. The van der Waals surface area contributed by atoms with Gasteiger partial charge in [0, 0.05) is 5.69 Å². The largest absolute Gasteiger partial charge is 0.230 e. The zero-order chi connectivity index (χ0) is 9.71. The van der Waals surface area contributed by atoms with E-state index in [1.807, 2.05) is 13.0 Å². The molecule has 0 aromatic carbocycles. The summed E-state index contributed by atoms with van der Waals surface area (Å²) in [4.78, 5) is 4.05. The van der Waals surface area contributed by atoms with E-state index in [1.165, 1.54) is 6.33 Å². The van der Waals surface area contributed by atoms with Crippen molar-refractivity contribution in [2.24, 2.45) is 16.2 Å². The number of nitrogens with zero attached hydrogens (tertiary/aromatic N) is 6. The van der Waals surface area contributed by atoms with Gasteiger partial charge in [-0.3, -0.25) is 0 Å². The topological polar surface area (TPSA) is 84.2 Å². The van der Waals surface area contributed by atoms with Gasteiger partial charge < -0.3 is 0 Å². The Kier molecular flexibility index (Phi) is 1.19. The predicted molar refractivity (Wildman–Crippen MR) is 48.9 cm³/mol. The zero-order valence-electron chi connectivity index (χ0n) is 7.42. The third-order valence-corrected chi connectivity index (χ3v) is 2.16. The molecule has 0 amide bonds. The number of hydrogen-bond donors (Lipinski definition) is 1. The van der Waals surface area contributed by atoms with Crippen LogP contribution in [0.1, 0.15) is 5.69 Å². The van der Waals surface area contributed by atoms with Crippen molar-refractivity contribution in [2.75, 3.05) is 5.12 Å². The molecule has 0 radical (unpaired) electrons. The number of anilines is 1. The third-order valence-electron chi connectivity index (χ3n) is 2.16. The molecule has 2 aromatic heterocycles. The average molecular weight is 189 g/mol. The molecule has 2 N–H and O–H groups in total. The molecule has 0 saturated carbocycles. The van der Waals surface area contributed by atoms with Crippen LogP contribution in [-0.4, -0.2) is 14.6 Å². The van der Waals surface area contributed by atoms with E-state index in [4.69, 9.17) is 5.84 Å². The van der Waals surface area contributed by atoms with Crippen molar-refractivity contribution < 1.29 is 0 Å². The highest BCUT2D eigenvalue weighted by atomic mass is 15.7. The first kappa shape index (κ1) is 7.39. The maximum Gasteiger partial charge on any atom is 0.197 e. The van der Waals surface area contributed by atoms with E-state index >= 15 is 0 Å². The fourth-order valence-electron chi connectivity index (χ4n) is 1.55. The van der Waals surface area contributed by atoms with E-state index in [-0.39, 0.29) is 0 Å². The number of rotatable bonds is 0. The number of nitrogens with two attached hydrogens (primary N) is 1. The summed E-state index contributed by atoms with van der Waals surface area (Å²) in [6.07, 6.45) is 1.44. The van der Waals surface area contributed by atoms with Gasteiger partial charge in [-0.25, -0.2) is 15.3 Å². The van der Waals surface area contributed by atoms with Gasteiger partial charge in [0.15, 0.2) is 5.82 Å². The molecule has 3 rings (SSSR count). The van der Waals surface area contributed by atoms with E-state index in [0.717, 1.165) is 22.0 Å². The van der Waals surface area contributed by atoms with Crippen molar-refractivity contribution in [2.45, 2.75) is 6.92 Å². The van der Waals surface area contributed by atoms with Gasteiger partial charge in [0.2, 0.25) is 0 Å². The Hall–Kier alpha value is -2.02. The van der Waals surface area contributed by atoms with Crippen molar-refractivity contribution in [1.82, 2.24) is 14.6 Å². The Morgan fingerprint density at radius 2 is 2.29 bits per heavy atom. The van der Waals surface area contributed by atoms with Gasteiger partial charge in [-0.05, 0) is 18.2 Å². The second-order valence-electron chi connectivity index (χ2n) is 3.05. The third kappa shape index (κ3) is 0.740. The molecule has 2 aromatic rings. The van der Waals surface area contributed by atoms with Crippen LogP contribution >= 0.6 is 0 Å². The molecule has 7 nitrogen and oxygen atoms in total. The maximum absolute atomic E-state index is 5.58. The molecular weight excluding hydrogens is 182 g/mol. The summed E-state index contributed by atoms with van der Waals surface area (Å²) in [6.45, 7) is 1.94. The maximum atomic E-state index is 5.58. The van der Waals surface area contributed by atoms with Crippen LogP contribution in [0.15, 0.2) is 22.7 Å². The summed E-state index contributed by atoms with van der Waals surface area (Å²) < 4.78 is 1.75. The normalized spacial score (nSPS) is 14.0. The Morgan fingerprint density at radius 1 is 1.43 bits per heavy atom. The van der Waals surface area contributed by atoms with Crippen LogP contribution in [0.25, 0.3) is 5.52 Å². The van der Waals surface area contributed by atoms with E-state index < -0.39 is 0 Å². The van der Waals surface area contributed by atoms with Crippen molar-refractivity contribution >= 4 is 17.0 Å². The lowest BCUT2D eigenvalue weighted by Crippen LogP contribution is -2.26. The van der Waals surface area contributed by atoms with Crippen LogP contribution in [0.4, 0.5) is 11.5 Å². The summed E-state index contributed by atoms with van der Waals surface area (Å²) in [5, 5.41) is 12.9. The second kappa shape index (κ2) is 2.26. The van der Waals surface area contributed by atoms with E-state index in [1.54, 1.807) is 4.52 Å². The van der Waals surface area contributed by atoms with E-state index in [9.17, 15) is 0 Å². The number of hydrogen-bond acceptors (Lipinski definition) is 6. The molecule has 0 bridgehead atoms. The van der Waals surface area contributed by atoms with Gasteiger partial charge in [-0.2, -0.15) is 10.2 Å². The fraction of sp³-hybridized carbons (Fsp3) is 0.143. The quantitative estimate of drug-likeness (QED) is 0.619. The molecule has 7 heteroatoms. The minimum absolute atomic E-state index is 0.568. The van der Waals surface area contributed by atoms with Crippen molar-refractivity contribution in [3.8, 4) is 0 Å². The number of aryl methyl sites for hydroxylation is 1. The Bertz CT molecular complexity index is 540. The molecular formula is C7H7N7. The number of aromatic nitrogens is 3. The highest BCUT2D eigenvalue weighted by Crippen LogP contribution is 2.33. The highest BCUT2D eigenvalue weighted by molar-refractivity contribution is 5.83. The first-order valence-corrected chi connectivity index (χ1v) is 4.07. The molecule has 14 heavy (non-hydrogen) atoms. The molecule has 0 fully saturated rings. The minimum atomic E-state index is 0.568. The average Bonchev–Trinajstić information content (AvgIpc) is 2.52. The molecule has 0 saturated heterocycles. The molecule has 1 aliphatic rings. The smallest absolute Gasteiger partial charge is 0.197 e. The van der Waals surface area contributed by atoms with Crippen LogP contribution in [0.3, 0.4) is 0 Å². The van der Waals surface area contributed by atoms with Gasteiger partial charge in [-0.1, -0.05) is 0 Å². The fourth-order valence-corrected chi connectivity index (χ4v) is 1.55. The van der Waals surface area contributed by atoms with E-state index in [0.29, 0.717) is 5.82 Å². The molecule has 1 aliphatic heterocycles. The highest BCUT2D eigenvalue weighted by Gasteiger charge is 2.19. The molecule has 70 valence electrons. The standard InChI is InChI=1S/C7H7N7/c1-4-2-5-6-7(14(8)12-11-5)9-3-10-13(4)6/h2-3H,8H2,1H3. The first-order chi connectivity index (χ1) is 6.77. The summed E-state index contributed by atoms with van der Waals surface area (Å²) in [6, 6.07) is 1.89. The summed E-state index contributed by atoms with van der Waals surface area (Å²) in [5.41, 5.74) is 2.52. The lowest BCUT2D eigenvalue weighted by molar-refractivity contribution is 0.793. The van der Waals surface area contributed by atoms with Crippen LogP contribution in [0.2, 0.25) is 0 Å². The predicted octanol–water partition coefficient (Wildman–Crippen LogP) is 0.730. The molecule has 0 atom stereocenters. The Labute approximate surface area is 78.8 Å². The molecule has 0 aliphatic carbocycles. The van der Waals surface area contributed by atoms with Crippen LogP contribution in [0.5, 0.6) is 0 Å². The van der Waals surface area contributed by atoms with Gasteiger partial charge >= 0.3 is 0 Å². The molecule has 0 unspecified atom stereocenters. The van der Waals surface area contributed by atoms with Crippen molar-refractivity contribution in [3.05, 3.63) is 18.1 Å². The molecule has 3 heterocycles. The van der Waals surface area contributed by atoms with Gasteiger partial charge in [0.25, 0.3) is 0 Å². The van der Waals surface area contributed by atoms with Crippen LogP contribution in [0, 0.1) is 6.92 Å². The molecule has 0 spiro atoms. The van der Waals surface area contributed by atoms with Crippen LogP contribution < -0.4 is 11.0 Å². The van der Waals surface area contributed by atoms with Crippen molar-refractivity contribution in [3.63, 3.8) is 0 Å². The Morgan fingerprint density at radius 3 is 3.14 bits per heavy atom. The van der Waals surface area contributed by atoms with Gasteiger partial charge in [0.05, 0.1) is 0 Å². The monoisotopic (exact) mass is 189 g/mol. The SMILES string of the molecule is Cc1cc2c3c(ncnn13)N(N)N=N2. The lowest BCUT2D eigenvalue weighted by atomic mass is 10.4. The number of hydrazine groups is 1. The van der Waals surface area contributed by atoms with Gasteiger partial charge in [-0.15, -0.1) is 5.11 Å². The minimum Gasteiger partial charge on any atom is -0.230 e. The summed E-state index contributed by atoms with van der Waals surface area (Å²) >= 11 is 0. The first-order valence-electron chi connectivity index (χ1n) is 4.07. The van der Waals surface area contributed by atoms with Gasteiger partial charge in [0.1, 0.15) is 17.5 Å². The Balaban J connectivity index is 2.53. The van der Waals surface area contributed by atoms with Crippen LogP contribution in [-0.2, 0) is 0 Å². The summed E-state index contributed by atoms with van der Waals surface area (Å²) in [7, 11) is 0.